The van der Waals surface area contributed by atoms with E-state index in [-0.39, 0.29) is 5.91 Å². The van der Waals surface area contributed by atoms with Crippen molar-refractivity contribution in [2.45, 2.75) is 46.1 Å². The van der Waals surface area contributed by atoms with E-state index in [0.717, 1.165) is 37.9 Å². The second-order valence-corrected chi connectivity index (χ2v) is 6.97. The highest BCUT2D eigenvalue weighted by molar-refractivity contribution is 5.87. The first-order valence-corrected chi connectivity index (χ1v) is 9.92. The van der Waals surface area contributed by atoms with Gasteiger partial charge in [-0.2, -0.15) is 0 Å². The number of amides is 1. The van der Waals surface area contributed by atoms with E-state index in [4.69, 9.17) is 0 Å². The van der Waals surface area contributed by atoms with Gasteiger partial charge in [0.1, 0.15) is 0 Å². The van der Waals surface area contributed by atoms with Gasteiger partial charge in [0, 0.05) is 36.6 Å². The summed E-state index contributed by atoms with van der Waals surface area (Å²) in [6.45, 7) is 9.25. The van der Waals surface area contributed by atoms with Crippen molar-refractivity contribution < 1.29 is 4.79 Å². The van der Waals surface area contributed by atoms with Gasteiger partial charge in [-0.1, -0.05) is 48.8 Å². The van der Waals surface area contributed by atoms with Gasteiger partial charge in [-0.15, -0.1) is 0 Å². The molecule has 4 nitrogen and oxygen atoms in total. The van der Waals surface area contributed by atoms with E-state index < -0.39 is 0 Å². The van der Waals surface area contributed by atoms with Crippen LogP contribution in [0.4, 0.5) is 0 Å². The molecule has 148 valence electrons. The number of unbranched alkanes of at least 4 members (excludes halogenated alkanes) is 3. The molecular formula is C24H31N3O. The van der Waals surface area contributed by atoms with Gasteiger partial charge in [-0.05, 0) is 57.0 Å². The van der Waals surface area contributed by atoms with Gasteiger partial charge in [-0.3, -0.25) is 9.79 Å². The molecule has 0 unspecified atom stereocenters. The smallest absolute Gasteiger partial charge is 0.243 e. The van der Waals surface area contributed by atoms with Crippen LogP contribution in [-0.4, -0.2) is 23.7 Å². The van der Waals surface area contributed by atoms with Crippen LogP contribution in [0.2, 0.25) is 0 Å². The fraction of sp³-hybridized carbons (Fsp3) is 0.333. The second kappa shape index (κ2) is 11.8. The Morgan fingerprint density at radius 2 is 1.96 bits per heavy atom. The summed E-state index contributed by atoms with van der Waals surface area (Å²) in [4.78, 5) is 15.4. The largest absolute Gasteiger partial charge is 0.353 e. The number of aromatic nitrogens is 1. The van der Waals surface area contributed by atoms with Crippen molar-refractivity contribution in [1.82, 2.24) is 9.88 Å². The van der Waals surface area contributed by atoms with E-state index in [9.17, 15) is 4.79 Å². The summed E-state index contributed by atoms with van der Waals surface area (Å²) >= 11 is 0. The molecule has 2 aromatic rings. The van der Waals surface area contributed by atoms with Crippen molar-refractivity contribution in [2.75, 3.05) is 6.54 Å². The van der Waals surface area contributed by atoms with Crippen LogP contribution < -0.4 is 5.32 Å². The third kappa shape index (κ3) is 7.03. The Morgan fingerprint density at radius 1 is 1.18 bits per heavy atom. The summed E-state index contributed by atoms with van der Waals surface area (Å²) in [5, 5.41) is 4.25. The number of nitrogens with zero attached hydrogens (tertiary/aromatic N) is 2. The average molecular weight is 378 g/mol. The molecule has 0 aliphatic carbocycles. The first-order chi connectivity index (χ1) is 13.6. The van der Waals surface area contributed by atoms with E-state index in [2.05, 4.69) is 58.8 Å². The zero-order valence-electron chi connectivity index (χ0n) is 17.0. The Kier molecular flexibility index (Phi) is 8.99. The third-order valence-electron chi connectivity index (χ3n) is 4.67. The van der Waals surface area contributed by atoms with Gasteiger partial charge in [0.2, 0.25) is 5.91 Å². The maximum absolute atomic E-state index is 11.8. The zero-order valence-corrected chi connectivity index (χ0v) is 17.0. The minimum Gasteiger partial charge on any atom is -0.353 e. The van der Waals surface area contributed by atoms with Gasteiger partial charge in [-0.25, -0.2) is 0 Å². The Bertz CT molecular complexity index is 871. The van der Waals surface area contributed by atoms with E-state index in [1.54, 1.807) is 24.4 Å². The second-order valence-electron chi connectivity index (χ2n) is 6.97. The minimum atomic E-state index is -0.0481. The topological polar surface area (TPSA) is 46.4 Å². The number of para-hydroxylation sites is 1. The first kappa shape index (κ1) is 21.4. The molecule has 1 heterocycles. The maximum Gasteiger partial charge on any atom is 0.243 e. The number of nitrogens with one attached hydrogen (secondary N) is 1. The van der Waals surface area contributed by atoms with Crippen molar-refractivity contribution in [1.29, 1.82) is 0 Å². The number of aliphatic imine (C=N–C) groups is 1. The molecule has 0 bridgehead atoms. The monoisotopic (exact) mass is 377 g/mol. The van der Waals surface area contributed by atoms with Crippen molar-refractivity contribution in [2.24, 2.45) is 4.99 Å². The molecule has 0 atom stereocenters. The quantitative estimate of drug-likeness (QED) is 0.244. The standard InChI is InChI=1S/C24H31N3O/c1-20(11-10-16-25-3)14-15-24(28)26-17-8-4-5-9-18-27-21(2)19-22-12-6-7-13-23(22)27/h6-7,10-16,19H,3-5,8-9,17-18H2,1-2H3,(H,26,28)/b15-14+,16-10-,20-11+. The van der Waals surface area contributed by atoms with Crippen LogP contribution in [0.25, 0.3) is 10.9 Å². The Hall–Kier alpha value is -2.88. The lowest BCUT2D eigenvalue weighted by Gasteiger charge is -2.08. The number of hydrogen-bond acceptors (Lipinski definition) is 2. The molecule has 2 rings (SSSR count). The highest BCUT2D eigenvalue weighted by Gasteiger charge is 2.04. The molecule has 0 aliphatic heterocycles. The Balaban J connectivity index is 1.61. The predicted octanol–water partition coefficient (Wildman–Crippen LogP) is 5.34. The summed E-state index contributed by atoms with van der Waals surface area (Å²) < 4.78 is 2.40. The SMILES string of the molecule is C=N\C=C/C=C(C)/C=C/C(=O)NCCCCCCn1c(C)cc2ccccc21. The van der Waals surface area contributed by atoms with Crippen LogP contribution in [0.3, 0.4) is 0 Å². The number of carbonyl (C=O) groups is 1. The normalized spacial score (nSPS) is 12.3. The number of hydrogen-bond donors (Lipinski definition) is 1. The molecular weight excluding hydrogens is 346 g/mol. The number of aryl methyl sites for hydroxylation is 2. The summed E-state index contributed by atoms with van der Waals surface area (Å²) in [5.41, 5.74) is 3.63. The molecule has 4 heteroatoms. The van der Waals surface area contributed by atoms with E-state index in [1.807, 2.05) is 13.0 Å². The Morgan fingerprint density at radius 3 is 2.79 bits per heavy atom. The number of benzene rings is 1. The molecule has 1 aromatic heterocycles. The molecule has 1 amide bonds. The van der Waals surface area contributed by atoms with Gasteiger partial charge >= 0.3 is 0 Å². The molecule has 28 heavy (non-hydrogen) atoms. The minimum absolute atomic E-state index is 0.0481. The zero-order chi connectivity index (χ0) is 20.2. The molecule has 1 N–H and O–H groups in total. The lowest BCUT2D eigenvalue weighted by atomic mass is 10.2. The number of allylic oxidation sites excluding steroid dienone is 4. The van der Waals surface area contributed by atoms with E-state index in [1.165, 1.54) is 23.0 Å². The summed E-state index contributed by atoms with van der Waals surface area (Å²) in [6.07, 6.45) is 13.1. The lowest BCUT2D eigenvalue weighted by molar-refractivity contribution is -0.116. The van der Waals surface area contributed by atoms with Crippen LogP contribution in [0.5, 0.6) is 0 Å². The maximum atomic E-state index is 11.8. The number of carbonyl (C=O) groups excluding carboxylic acids is 1. The molecule has 0 saturated heterocycles. The molecule has 0 radical (unpaired) electrons. The molecule has 0 saturated carbocycles. The average Bonchev–Trinajstić information content (AvgIpc) is 3.01. The van der Waals surface area contributed by atoms with Crippen molar-refractivity contribution in [3.8, 4) is 0 Å². The van der Waals surface area contributed by atoms with Crippen LogP contribution in [-0.2, 0) is 11.3 Å². The van der Waals surface area contributed by atoms with E-state index >= 15 is 0 Å². The fourth-order valence-corrected chi connectivity index (χ4v) is 3.18. The molecule has 1 aromatic carbocycles. The highest BCUT2D eigenvalue weighted by atomic mass is 16.1. The van der Waals surface area contributed by atoms with Crippen LogP contribution >= 0.6 is 0 Å². The van der Waals surface area contributed by atoms with Gasteiger partial charge in [0.15, 0.2) is 0 Å². The number of fused-ring (bicyclic) bond motifs is 1. The first-order valence-electron chi connectivity index (χ1n) is 9.92. The van der Waals surface area contributed by atoms with Crippen LogP contribution in [0.1, 0.15) is 38.3 Å². The number of rotatable bonds is 11. The predicted molar refractivity (Wildman–Crippen MR) is 120 cm³/mol. The van der Waals surface area contributed by atoms with Gasteiger partial charge in [0.05, 0.1) is 0 Å². The summed E-state index contributed by atoms with van der Waals surface area (Å²) in [6, 6.07) is 10.8. The fourth-order valence-electron chi connectivity index (χ4n) is 3.18. The summed E-state index contributed by atoms with van der Waals surface area (Å²) in [7, 11) is 0. The molecule has 0 fully saturated rings. The third-order valence-corrected chi connectivity index (χ3v) is 4.67. The van der Waals surface area contributed by atoms with Crippen molar-refractivity contribution in [3.05, 3.63) is 72.1 Å². The van der Waals surface area contributed by atoms with Crippen LogP contribution in [0.15, 0.2) is 71.4 Å². The van der Waals surface area contributed by atoms with Crippen molar-refractivity contribution >= 4 is 23.5 Å². The van der Waals surface area contributed by atoms with E-state index in [0.29, 0.717) is 0 Å². The Labute approximate surface area is 168 Å². The summed E-state index contributed by atoms with van der Waals surface area (Å²) in [5.74, 6) is -0.0481. The van der Waals surface area contributed by atoms with Crippen molar-refractivity contribution in [3.63, 3.8) is 0 Å². The van der Waals surface area contributed by atoms with Gasteiger partial charge < -0.3 is 9.88 Å². The molecule has 0 spiro atoms. The lowest BCUT2D eigenvalue weighted by Crippen LogP contribution is -2.22. The van der Waals surface area contributed by atoms with Gasteiger partial charge in [0.25, 0.3) is 0 Å². The highest BCUT2D eigenvalue weighted by Crippen LogP contribution is 2.20. The molecule has 0 aliphatic rings. The van der Waals surface area contributed by atoms with Crippen LogP contribution in [0, 0.1) is 6.92 Å².